The first kappa shape index (κ1) is 21.9. The van der Waals surface area contributed by atoms with Crippen molar-refractivity contribution in [2.75, 3.05) is 25.2 Å². The number of nitriles is 1. The van der Waals surface area contributed by atoms with Crippen molar-refractivity contribution in [2.24, 2.45) is 0 Å². The summed E-state index contributed by atoms with van der Waals surface area (Å²) in [5.74, 6) is 2.62. The Morgan fingerprint density at radius 3 is 2.83 bits per heavy atom. The van der Waals surface area contributed by atoms with Gasteiger partial charge in [0.2, 0.25) is 5.95 Å². The number of methoxy groups -OCH3 is 1. The van der Waals surface area contributed by atoms with Crippen LogP contribution in [-0.4, -0.2) is 45.7 Å². The van der Waals surface area contributed by atoms with E-state index in [1.807, 2.05) is 47.1 Å². The number of aromatic nitrogens is 4. The van der Waals surface area contributed by atoms with Crippen molar-refractivity contribution in [1.29, 1.82) is 5.26 Å². The summed E-state index contributed by atoms with van der Waals surface area (Å²) in [6.07, 6.45) is 9.10. The fraction of sp³-hybridized carbons (Fsp3) is 0.259. The summed E-state index contributed by atoms with van der Waals surface area (Å²) in [4.78, 5) is 15.6. The first-order valence-electron chi connectivity index (χ1n) is 11.8. The molecule has 6 rings (SSSR count). The topological polar surface area (TPSA) is 102 Å². The van der Waals surface area contributed by atoms with Gasteiger partial charge in [-0.25, -0.2) is 15.0 Å². The van der Waals surface area contributed by atoms with Crippen LogP contribution in [0.4, 0.5) is 5.95 Å². The molecule has 1 aromatic carbocycles. The van der Waals surface area contributed by atoms with E-state index in [1.54, 1.807) is 19.5 Å². The second-order valence-corrected chi connectivity index (χ2v) is 8.93. The van der Waals surface area contributed by atoms with Crippen LogP contribution < -0.4 is 14.4 Å². The summed E-state index contributed by atoms with van der Waals surface area (Å²) in [7, 11) is 1.63. The minimum Gasteiger partial charge on any atom is -0.496 e. The van der Waals surface area contributed by atoms with Crippen molar-refractivity contribution in [2.45, 2.75) is 25.8 Å². The van der Waals surface area contributed by atoms with Gasteiger partial charge in [0.25, 0.3) is 0 Å². The van der Waals surface area contributed by atoms with Crippen LogP contribution in [0.25, 0.3) is 28.1 Å². The van der Waals surface area contributed by atoms with Crippen LogP contribution >= 0.6 is 0 Å². The Hall–Kier alpha value is -4.58. The van der Waals surface area contributed by atoms with E-state index in [4.69, 9.17) is 24.1 Å². The highest BCUT2D eigenvalue weighted by atomic mass is 16.5. The molecule has 0 spiro atoms. The molecule has 4 aromatic heterocycles. The van der Waals surface area contributed by atoms with E-state index in [0.717, 1.165) is 41.7 Å². The number of pyridine rings is 1. The van der Waals surface area contributed by atoms with Crippen molar-refractivity contribution in [3.8, 4) is 29.0 Å². The largest absolute Gasteiger partial charge is 0.496 e. The Kier molecular flexibility index (Phi) is 5.41. The number of imidazole rings is 1. The normalized spacial score (nSPS) is 15.5. The highest BCUT2D eigenvalue weighted by Crippen LogP contribution is 2.37. The molecule has 1 unspecified atom stereocenters. The minimum atomic E-state index is 0.118. The van der Waals surface area contributed by atoms with E-state index in [0.29, 0.717) is 41.0 Å². The second kappa shape index (κ2) is 8.89. The van der Waals surface area contributed by atoms with E-state index in [2.05, 4.69) is 27.9 Å². The molecule has 9 nitrogen and oxygen atoms in total. The van der Waals surface area contributed by atoms with Crippen LogP contribution in [0.1, 0.15) is 24.0 Å². The number of ether oxygens (including phenoxy) is 2. The van der Waals surface area contributed by atoms with Gasteiger partial charge in [-0.05, 0) is 37.5 Å². The summed E-state index contributed by atoms with van der Waals surface area (Å²) < 4.78 is 20.0. The van der Waals surface area contributed by atoms with Crippen LogP contribution in [-0.2, 0) is 0 Å². The Labute approximate surface area is 207 Å². The number of rotatable bonds is 6. The van der Waals surface area contributed by atoms with Crippen molar-refractivity contribution in [1.82, 2.24) is 19.4 Å². The molecule has 1 atom stereocenters. The molecular weight excluding hydrogens is 456 g/mol. The third kappa shape index (κ3) is 3.96. The molecular formula is C27H24N6O3. The number of anilines is 1. The first-order valence-corrected chi connectivity index (χ1v) is 11.8. The lowest BCUT2D eigenvalue weighted by Crippen LogP contribution is -2.35. The number of hydrogen-bond donors (Lipinski definition) is 0. The van der Waals surface area contributed by atoms with E-state index < -0.39 is 0 Å². The van der Waals surface area contributed by atoms with Gasteiger partial charge in [-0.15, -0.1) is 0 Å². The maximum absolute atomic E-state index is 9.02. The summed E-state index contributed by atoms with van der Waals surface area (Å²) in [6, 6.07) is 11.9. The molecule has 9 heteroatoms. The first-order chi connectivity index (χ1) is 17.6. The predicted molar refractivity (Wildman–Crippen MR) is 134 cm³/mol. The predicted octanol–water partition coefficient (Wildman–Crippen LogP) is 4.77. The monoisotopic (exact) mass is 480 g/mol. The number of benzene rings is 1. The molecule has 1 fully saturated rings. The summed E-state index contributed by atoms with van der Waals surface area (Å²) >= 11 is 0. The van der Waals surface area contributed by atoms with Gasteiger partial charge in [0.15, 0.2) is 5.76 Å². The van der Waals surface area contributed by atoms with Gasteiger partial charge in [0.1, 0.15) is 41.1 Å². The Morgan fingerprint density at radius 2 is 2.03 bits per heavy atom. The third-order valence-corrected chi connectivity index (χ3v) is 6.49. The third-order valence-electron chi connectivity index (χ3n) is 6.49. The lowest BCUT2D eigenvalue weighted by Gasteiger charge is -2.24. The maximum Gasteiger partial charge on any atom is 0.225 e. The second-order valence-electron chi connectivity index (χ2n) is 8.93. The molecule has 0 saturated carbocycles. The average molecular weight is 481 g/mol. The molecule has 1 aliphatic rings. The Balaban J connectivity index is 1.29. The van der Waals surface area contributed by atoms with E-state index in [1.165, 1.54) is 0 Å². The summed E-state index contributed by atoms with van der Waals surface area (Å²) in [5.41, 5.74) is 3.88. The zero-order valence-electron chi connectivity index (χ0n) is 20.0. The zero-order chi connectivity index (χ0) is 24.6. The van der Waals surface area contributed by atoms with Crippen molar-refractivity contribution < 1.29 is 13.9 Å². The van der Waals surface area contributed by atoms with E-state index in [-0.39, 0.29) is 6.04 Å². The number of aryl methyl sites for hydroxylation is 1. The molecule has 1 saturated heterocycles. The Bertz CT molecular complexity index is 1600. The van der Waals surface area contributed by atoms with Crippen molar-refractivity contribution >= 4 is 22.6 Å². The highest BCUT2D eigenvalue weighted by molar-refractivity contribution is 5.89. The number of hydrogen-bond acceptors (Lipinski definition) is 8. The molecule has 1 aliphatic heterocycles. The van der Waals surface area contributed by atoms with Crippen molar-refractivity contribution in [3.05, 3.63) is 66.2 Å². The molecule has 0 aliphatic carbocycles. The molecule has 0 bridgehead atoms. The highest BCUT2D eigenvalue weighted by Gasteiger charge is 2.28. The Morgan fingerprint density at radius 1 is 1.17 bits per heavy atom. The van der Waals surface area contributed by atoms with Gasteiger partial charge in [-0.2, -0.15) is 5.26 Å². The standard InChI is InChI=1S/C27H24N6O3/c1-17-5-6-26-31-22(15-32(26)14-17)25-10-21-23(8-20(34-2)9-24(21)36-25)35-16-19-4-3-7-33(19)27-29-12-18(11-28)13-30-27/h5-6,8-10,12-15,19H,3-4,7,16H2,1-2H3. The molecule has 5 heterocycles. The minimum absolute atomic E-state index is 0.118. The maximum atomic E-state index is 9.02. The molecule has 0 N–H and O–H groups in total. The number of furan rings is 1. The zero-order valence-corrected chi connectivity index (χ0v) is 20.0. The van der Waals surface area contributed by atoms with Gasteiger partial charge in [0.05, 0.1) is 36.5 Å². The fourth-order valence-electron chi connectivity index (χ4n) is 4.65. The fourth-order valence-corrected chi connectivity index (χ4v) is 4.65. The number of nitrogens with zero attached hydrogens (tertiary/aromatic N) is 6. The van der Waals surface area contributed by atoms with Gasteiger partial charge in [0, 0.05) is 31.1 Å². The molecule has 0 radical (unpaired) electrons. The van der Waals surface area contributed by atoms with Gasteiger partial charge in [-0.3, -0.25) is 0 Å². The van der Waals surface area contributed by atoms with Gasteiger partial charge < -0.3 is 23.2 Å². The lowest BCUT2D eigenvalue weighted by atomic mass is 10.2. The number of fused-ring (bicyclic) bond motifs is 2. The SMILES string of the molecule is COc1cc(OCC2CCCN2c2ncc(C#N)cn2)c2cc(-c3cn4cc(C)ccc4n3)oc2c1. The summed E-state index contributed by atoms with van der Waals surface area (Å²) in [5, 5.41) is 9.88. The van der Waals surface area contributed by atoms with Crippen LogP contribution in [0.5, 0.6) is 11.5 Å². The van der Waals surface area contributed by atoms with E-state index in [9.17, 15) is 0 Å². The van der Waals surface area contributed by atoms with Crippen LogP contribution in [0.2, 0.25) is 0 Å². The molecule has 5 aromatic rings. The van der Waals surface area contributed by atoms with Crippen LogP contribution in [0.3, 0.4) is 0 Å². The molecule has 0 amide bonds. The van der Waals surface area contributed by atoms with Crippen LogP contribution in [0.15, 0.2) is 59.5 Å². The lowest BCUT2D eigenvalue weighted by molar-refractivity contribution is 0.289. The van der Waals surface area contributed by atoms with Crippen molar-refractivity contribution in [3.63, 3.8) is 0 Å². The van der Waals surface area contributed by atoms with Gasteiger partial charge >= 0.3 is 0 Å². The average Bonchev–Trinajstić information content (AvgIpc) is 3.64. The van der Waals surface area contributed by atoms with Gasteiger partial charge in [-0.1, -0.05) is 6.07 Å². The molecule has 36 heavy (non-hydrogen) atoms. The summed E-state index contributed by atoms with van der Waals surface area (Å²) in [6.45, 7) is 3.35. The quantitative estimate of drug-likeness (QED) is 0.342. The van der Waals surface area contributed by atoms with Crippen LogP contribution in [0, 0.1) is 18.3 Å². The smallest absolute Gasteiger partial charge is 0.225 e. The molecule has 180 valence electrons. The van der Waals surface area contributed by atoms with E-state index >= 15 is 0 Å².